The number of hydrogen-bond donors (Lipinski definition) is 2. The molecule has 2 aromatic carbocycles. The molecule has 0 radical (unpaired) electrons. The lowest BCUT2D eigenvalue weighted by atomic mass is 10.1. The van der Waals surface area contributed by atoms with Gasteiger partial charge in [-0.25, -0.2) is 9.37 Å². The normalized spacial score (nSPS) is 10.9. The summed E-state index contributed by atoms with van der Waals surface area (Å²) in [5, 5.41) is 1.90. The number of nitrogen functional groups attached to an aromatic ring is 1. The second kappa shape index (κ2) is 5.57. The van der Waals surface area contributed by atoms with E-state index in [-0.39, 0.29) is 17.2 Å². The molecule has 3 aromatic rings. The summed E-state index contributed by atoms with van der Waals surface area (Å²) < 4.78 is 13.8. The maximum absolute atomic E-state index is 13.8. The predicted molar refractivity (Wildman–Crippen MR) is 82.7 cm³/mol. The van der Waals surface area contributed by atoms with Crippen molar-refractivity contribution in [1.29, 1.82) is 0 Å². The Kier molecular flexibility index (Phi) is 3.62. The lowest BCUT2D eigenvalue weighted by molar-refractivity contribution is 0.639. The first-order valence-electron chi connectivity index (χ1n) is 6.29. The number of halogens is 1. The molecule has 0 atom stereocenters. The third kappa shape index (κ3) is 2.90. The van der Waals surface area contributed by atoms with Crippen LogP contribution in [0.15, 0.2) is 52.4 Å². The summed E-state index contributed by atoms with van der Waals surface area (Å²) >= 11 is 1.35. The summed E-state index contributed by atoms with van der Waals surface area (Å²) in [5.41, 5.74) is 6.24. The van der Waals surface area contributed by atoms with Crippen LogP contribution in [-0.2, 0) is 5.75 Å². The molecular weight excluding hydrogens is 289 g/mol. The van der Waals surface area contributed by atoms with Crippen molar-refractivity contribution in [3.05, 3.63) is 64.2 Å². The smallest absolute Gasteiger partial charge is 0.253 e. The van der Waals surface area contributed by atoms with E-state index in [1.54, 1.807) is 18.2 Å². The number of nitrogens with zero attached hydrogens (tertiary/aromatic N) is 1. The molecule has 4 nitrogen and oxygen atoms in total. The first-order valence-corrected chi connectivity index (χ1v) is 7.28. The summed E-state index contributed by atoms with van der Waals surface area (Å²) in [6.45, 7) is 0. The number of thioether (sulfide) groups is 1. The van der Waals surface area contributed by atoms with E-state index in [0.717, 1.165) is 10.9 Å². The molecule has 0 unspecified atom stereocenters. The number of benzene rings is 2. The van der Waals surface area contributed by atoms with Crippen molar-refractivity contribution in [3.8, 4) is 0 Å². The fourth-order valence-corrected chi connectivity index (χ4v) is 3.00. The number of H-pyrrole nitrogens is 1. The molecule has 0 saturated heterocycles. The molecular formula is C15H12FN3OS. The fourth-order valence-electron chi connectivity index (χ4n) is 2.12. The summed E-state index contributed by atoms with van der Waals surface area (Å²) in [6.07, 6.45) is 0. The van der Waals surface area contributed by atoms with Crippen LogP contribution in [0.1, 0.15) is 5.56 Å². The van der Waals surface area contributed by atoms with Crippen LogP contribution in [0.25, 0.3) is 10.8 Å². The molecule has 3 N–H and O–H groups in total. The molecule has 1 aromatic heterocycles. The average molecular weight is 301 g/mol. The first kappa shape index (κ1) is 13.6. The van der Waals surface area contributed by atoms with Crippen LogP contribution >= 0.6 is 11.8 Å². The van der Waals surface area contributed by atoms with Gasteiger partial charge in [-0.1, -0.05) is 42.1 Å². The first-order chi connectivity index (χ1) is 10.1. The van der Waals surface area contributed by atoms with Crippen molar-refractivity contribution >= 4 is 28.4 Å². The van der Waals surface area contributed by atoms with E-state index in [0.29, 0.717) is 16.3 Å². The van der Waals surface area contributed by atoms with Gasteiger partial charge in [0.05, 0.1) is 0 Å². The fraction of sp³-hybridized carbons (Fsp3) is 0.0667. The minimum atomic E-state index is -0.283. The van der Waals surface area contributed by atoms with Crippen LogP contribution in [0.4, 0.5) is 10.2 Å². The van der Waals surface area contributed by atoms with E-state index in [9.17, 15) is 9.18 Å². The molecule has 1 heterocycles. The minimum absolute atomic E-state index is 0.185. The molecule has 0 saturated carbocycles. The number of nitrogens with two attached hydrogens (primary N) is 1. The predicted octanol–water partition coefficient (Wildman–Crippen LogP) is 2.94. The van der Waals surface area contributed by atoms with Gasteiger partial charge in [0.25, 0.3) is 5.56 Å². The average Bonchev–Trinajstić information content (AvgIpc) is 2.46. The van der Waals surface area contributed by atoms with Crippen LogP contribution in [0, 0.1) is 5.82 Å². The highest BCUT2D eigenvalue weighted by Gasteiger charge is 2.07. The van der Waals surface area contributed by atoms with Gasteiger partial charge in [0, 0.05) is 17.2 Å². The zero-order chi connectivity index (χ0) is 14.8. The number of hydrogen-bond acceptors (Lipinski definition) is 4. The Bertz CT molecular complexity index is 863. The maximum Gasteiger partial charge on any atom is 0.253 e. The zero-order valence-electron chi connectivity index (χ0n) is 11.0. The Hall–Kier alpha value is -2.34. The Balaban J connectivity index is 1.92. The molecule has 3 rings (SSSR count). The third-order valence-corrected chi connectivity index (χ3v) is 3.99. The van der Waals surface area contributed by atoms with Gasteiger partial charge in [-0.3, -0.25) is 4.79 Å². The molecule has 0 aliphatic carbocycles. The van der Waals surface area contributed by atoms with Crippen molar-refractivity contribution in [2.45, 2.75) is 10.9 Å². The summed E-state index contributed by atoms with van der Waals surface area (Å²) in [4.78, 5) is 18.0. The Morgan fingerprint density at radius 3 is 2.71 bits per heavy atom. The Morgan fingerprint density at radius 1 is 1.19 bits per heavy atom. The highest BCUT2D eigenvalue weighted by atomic mass is 32.2. The van der Waals surface area contributed by atoms with Gasteiger partial charge in [0.2, 0.25) is 0 Å². The molecule has 6 heteroatoms. The van der Waals surface area contributed by atoms with Gasteiger partial charge >= 0.3 is 0 Å². The Morgan fingerprint density at radius 2 is 1.95 bits per heavy atom. The van der Waals surface area contributed by atoms with Crippen LogP contribution in [0.5, 0.6) is 0 Å². The van der Waals surface area contributed by atoms with Gasteiger partial charge in [-0.15, -0.1) is 0 Å². The largest absolute Gasteiger partial charge is 0.383 e. The lowest BCUT2D eigenvalue weighted by Crippen LogP contribution is -2.09. The number of nitrogens with one attached hydrogen (secondary N) is 1. The topological polar surface area (TPSA) is 71.8 Å². The number of fused-ring (bicyclic) bond motifs is 1. The van der Waals surface area contributed by atoms with E-state index >= 15 is 0 Å². The monoisotopic (exact) mass is 301 g/mol. The quantitative estimate of drug-likeness (QED) is 0.576. The molecule has 0 spiro atoms. The number of anilines is 1. The van der Waals surface area contributed by atoms with Crippen LogP contribution in [0.3, 0.4) is 0 Å². The lowest BCUT2D eigenvalue weighted by Gasteiger charge is -2.07. The van der Waals surface area contributed by atoms with Gasteiger partial charge < -0.3 is 10.7 Å². The van der Waals surface area contributed by atoms with Crippen LogP contribution in [0.2, 0.25) is 0 Å². The highest BCUT2D eigenvalue weighted by Crippen LogP contribution is 2.27. The highest BCUT2D eigenvalue weighted by molar-refractivity contribution is 7.98. The van der Waals surface area contributed by atoms with Crippen molar-refractivity contribution < 1.29 is 4.39 Å². The third-order valence-electron chi connectivity index (χ3n) is 3.07. The van der Waals surface area contributed by atoms with Gasteiger partial charge in [-0.2, -0.15) is 0 Å². The van der Waals surface area contributed by atoms with Gasteiger partial charge in [0.15, 0.2) is 5.16 Å². The maximum atomic E-state index is 13.8. The standard InChI is InChI=1S/C15H12FN3OS/c16-12-6-5-9(10-3-1-2-4-11(10)12)8-21-15-18-13(17)7-14(20)19-15/h1-7H,8H2,(H3,17,18,19,20). The molecule has 0 fully saturated rings. The molecule has 0 aliphatic heterocycles. The molecule has 106 valence electrons. The minimum Gasteiger partial charge on any atom is -0.383 e. The van der Waals surface area contributed by atoms with Crippen molar-refractivity contribution in [2.24, 2.45) is 0 Å². The molecule has 0 amide bonds. The SMILES string of the molecule is Nc1cc(=O)[nH]c(SCc2ccc(F)c3ccccc23)n1. The Labute approximate surface area is 124 Å². The molecule has 0 bridgehead atoms. The zero-order valence-corrected chi connectivity index (χ0v) is 11.8. The second-order valence-electron chi connectivity index (χ2n) is 4.52. The number of aromatic nitrogens is 2. The summed E-state index contributed by atoms with van der Waals surface area (Å²) in [5.74, 6) is 0.507. The van der Waals surface area contributed by atoms with E-state index in [1.807, 2.05) is 12.1 Å². The van der Waals surface area contributed by atoms with E-state index in [1.165, 1.54) is 23.9 Å². The van der Waals surface area contributed by atoms with Crippen molar-refractivity contribution in [1.82, 2.24) is 9.97 Å². The number of rotatable bonds is 3. The van der Waals surface area contributed by atoms with E-state index < -0.39 is 0 Å². The van der Waals surface area contributed by atoms with Gasteiger partial charge in [0.1, 0.15) is 11.6 Å². The van der Waals surface area contributed by atoms with Gasteiger partial charge in [-0.05, 0) is 17.0 Å². The summed E-state index contributed by atoms with van der Waals surface area (Å²) in [6, 6.07) is 11.7. The van der Waals surface area contributed by atoms with Crippen molar-refractivity contribution in [2.75, 3.05) is 5.73 Å². The van der Waals surface area contributed by atoms with E-state index in [2.05, 4.69) is 9.97 Å². The number of aromatic amines is 1. The molecule has 0 aliphatic rings. The molecule has 21 heavy (non-hydrogen) atoms. The van der Waals surface area contributed by atoms with E-state index in [4.69, 9.17) is 5.73 Å². The van der Waals surface area contributed by atoms with Crippen molar-refractivity contribution in [3.63, 3.8) is 0 Å². The van der Waals surface area contributed by atoms with Crippen LogP contribution in [-0.4, -0.2) is 9.97 Å². The second-order valence-corrected chi connectivity index (χ2v) is 5.48. The van der Waals surface area contributed by atoms with Crippen LogP contribution < -0.4 is 11.3 Å². The summed E-state index contributed by atoms with van der Waals surface area (Å²) in [7, 11) is 0.